The lowest BCUT2D eigenvalue weighted by Crippen LogP contribution is -2.05. The normalized spacial score (nSPS) is 38.2. The second-order valence-corrected chi connectivity index (χ2v) is 4.10. The highest BCUT2D eigenvalue weighted by molar-refractivity contribution is 5.23. The summed E-state index contributed by atoms with van der Waals surface area (Å²) in [5.41, 5.74) is 0.335. The van der Waals surface area contributed by atoms with Crippen molar-refractivity contribution >= 4 is 0 Å². The van der Waals surface area contributed by atoms with E-state index in [4.69, 9.17) is 4.52 Å². The number of nitrogens with zero attached hydrogens (tertiary/aromatic N) is 2. The molecule has 0 saturated heterocycles. The van der Waals surface area contributed by atoms with Crippen molar-refractivity contribution in [1.29, 1.82) is 0 Å². The minimum absolute atomic E-state index is 0.335. The average Bonchev–Trinajstić information content (AvgIpc) is 2.50. The SMILES string of the molecule is Cc1noc(C23CCCC2C3)n1. The van der Waals surface area contributed by atoms with Crippen LogP contribution in [-0.2, 0) is 5.41 Å². The summed E-state index contributed by atoms with van der Waals surface area (Å²) in [7, 11) is 0. The van der Waals surface area contributed by atoms with Crippen molar-refractivity contribution in [2.75, 3.05) is 0 Å². The van der Waals surface area contributed by atoms with E-state index in [1.54, 1.807) is 0 Å². The molecular weight excluding hydrogens is 152 g/mol. The minimum Gasteiger partial charge on any atom is -0.339 e. The van der Waals surface area contributed by atoms with E-state index in [0.717, 1.165) is 17.6 Å². The minimum atomic E-state index is 0.335. The smallest absolute Gasteiger partial charge is 0.233 e. The molecule has 0 radical (unpaired) electrons. The van der Waals surface area contributed by atoms with Crippen LogP contribution in [0.3, 0.4) is 0 Å². The second-order valence-electron chi connectivity index (χ2n) is 4.10. The molecular formula is C9H12N2O. The predicted octanol–water partition coefficient (Wildman–Crippen LogP) is 1.82. The Kier molecular flexibility index (Phi) is 1.05. The van der Waals surface area contributed by atoms with Gasteiger partial charge in [0.25, 0.3) is 0 Å². The third kappa shape index (κ3) is 0.667. The standard InChI is InChI=1S/C9H12N2O/c1-6-10-8(12-11-6)9-4-2-3-7(9)5-9/h7H,2-5H2,1H3. The lowest BCUT2D eigenvalue weighted by Gasteiger charge is -2.02. The Morgan fingerprint density at radius 2 is 2.50 bits per heavy atom. The molecule has 3 rings (SSSR count). The Bertz CT molecular complexity index is 320. The van der Waals surface area contributed by atoms with Gasteiger partial charge in [-0.1, -0.05) is 11.6 Å². The molecule has 64 valence electrons. The van der Waals surface area contributed by atoms with Gasteiger partial charge in [-0.3, -0.25) is 0 Å². The summed E-state index contributed by atoms with van der Waals surface area (Å²) in [5.74, 6) is 2.54. The highest BCUT2D eigenvalue weighted by Gasteiger charge is 2.61. The summed E-state index contributed by atoms with van der Waals surface area (Å²) in [6.45, 7) is 1.88. The Hall–Kier alpha value is -0.860. The van der Waals surface area contributed by atoms with Crippen LogP contribution in [0.1, 0.15) is 37.4 Å². The maximum atomic E-state index is 5.23. The lowest BCUT2D eigenvalue weighted by atomic mass is 10.0. The van der Waals surface area contributed by atoms with E-state index in [-0.39, 0.29) is 0 Å². The molecule has 12 heavy (non-hydrogen) atoms. The molecule has 2 aliphatic carbocycles. The first-order valence-corrected chi connectivity index (χ1v) is 4.62. The first kappa shape index (κ1) is 6.63. The highest BCUT2D eigenvalue weighted by Crippen LogP contribution is 2.63. The maximum Gasteiger partial charge on any atom is 0.233 e. The molecule has 3 heteroatoms. The van der Waals surface area contributed by atoms with Crippen LogP contribution < -0.4 is 0 Å². The molecule has 2 saturated carbocycles. The van der Waals surface area contributed by atoms with Gasteiger partial charge in [-0.25, -0.2) is 0 Å². The Morgan fingerprint density at radius 1 is 1.58 bits per heavy atom. The van der Waals surface area contributed by atoms with E-state index in [9.17, 15) is 0 Å². The van der Waals surface area contributed by atoms with Crippen LogP contribution in [0.2, 0.25) is 0 Å². The van der Waals surface area contributed by atoms with Crippen LogP contribution in [0.4, 0.5) is 0 Å². The second kappa shape index (κ2) is 1.90. The molecule has 1 aromatic rings. The molecule has 3 nitrogen and oxygen atoms in total. The van der Waals surface area contributed by atoms with E-state index < -0.39 is 0 Å². The first-order valence-electron chi connectivity index (χ1n) is 4.62. The number of hydrogen-bond acceptors (Lipinski definition) is 3. The lowest BCUT2D eigenvalue weighted by molar-refractivity contribution is 0.338. The molecule has 2 fully saturated rings. The van der Waals surface area contributed by atoms with Crippen LogP contribution in [-0.4, -0.2) is 10.1 Å². The van der Waals surface area contributed by atoms with Crippen LogP contribution in [0.15, 0.2) is 4.52 Å². The van der Waals surface area contributed by atoms with Crippen molar-refractivity contribution in [3.8, 4) is 0 Å². The van der Waals surface area contributed by atoms with Crippen molar-refractivity contribution in [1.82, 2.24) is 10.1 Å². The van der Waals surface area contributed by atoms with Gasteiger partial charge < -0.3 is 4.52 Å². The van der Waals surface area contributed by atoms with Crippen molar-refractivity contribution < 1.29 is 4.52 Å². The molecule has 0 spiro atoms. The zero-order valence-electron chi connectivity index (χ0n) is 7.21. The zero-order valence-corrected chi connectivity index (χ0v) is 7.21. The third-order valence-electron chi connectivity index (χ3n) is 3.36. The van der Waals surface area contributed by atoms with Gasteiger partial charge in [0.1, 0.15) is 0 Å². The van der Waals surface area contributed by atoms with Gasteiger partial charge in [0, 0.05) is 0 Å². The number of aryl methyl sites for hydroxylation is 1. The molecule has 2 atom stereocenters. The van der Waals surface area contributed by atoms with E-state index >= 15 is 0 Å². The maximum absolute atomic E-state index is 5.23. The number of hydrogen-bond donors (Lipinski definition) is 0. The topological polar surface area (TPSA) is 38.9 Å². The number of aromatic nitrogens is 2. The fourth-order valence-electron chi connectivity index (χ4n) is 2.60. The van der Waals surface area contributed by atoms with Crippen molar-refractivity contribution in [2.45, 2.75) is 38.0 Å². The molecule has 1 heterocycles. The molecule has 0 amide bonds. The van der Waals surface area contributed by atoms with E-state index in [0.29, 0.717) is 5.41 Å². The summed E-state index contributed by atoms with van der Waals surface area (Å²) >= 11 is 0. The monoisotopic (exact) mass is 164 g/mol. The number of fused-ring (bicyclic) bond motifs is 1. The molecule has 2 aliphatic rings. The molecule has 2 unspecified atom stereocenters. The fourth-order valence-corrected chi connectivity index (χ4v) is 2.60. The van der Waals surface area contributed by atoms with Crippen LogP contribution in [0.25, 0.3) is 0 Å². The van der Waals surface area contributed by atoms with Crippen LogP contribution in [0.5, 0.6) is 0 Å². The summed E-state index contributed by atoms with van der Waals surface area (Å²) in [6.07, 6.45) is 5.25. The third-order valence-corrected chi connectivity index (χ3v) is 3.36. The van der Waals surface area contributed by atoms with Gasteiger partial charge in [0.2, 0.25) is 5.89 Å². The average molecular weight is 164 g/mol. The van der Waals surface area contributed by atoms with Gasteiger partial charge >= 0.3 is 0 Å². The Morgan fingerprint density at radius 3 is 3.00 bits per heavy atom. The van der Waals surface area contributed by atoms with Gasteiger partial charge in [0.05, 0.1) is 5.41 Å². The fraction of sp³-hybridized carbons (Fsp3) is 0.778. The van der Waals surface area contributed by atoms with Gasteiger partial charge in [-0.2, -0.15) is 4.98 Å². The van der Waals surface area contributed by atoms with Crippen molar-refractivity contribution in [3.63, 3.8) is 0 Å². The summed E-state index contributed by atoms with van der Waals surface area (Å²) < 4.78 is 5.23. The van der Waals surface area contributed by atoms with E-state index in [2.05, 4.69) is 10.1 Å². The molecule has 0 aliphatic heterocycles. The van der Waals surface area contributed by atoms with Crippen LogP contribution in [0, 0.1) is 12.8 Å². The quantitative estimate of drug-likeness (QED) is 0.635. The molecule has 0 N–H and O–H groups in total. The Labute approximate surface area is 71.2 Å². The number of rotatable bonds is 1. The van der Waals surface area contributed by atoms with Gasteiger partial charge in [-0.15, -0.1) is 0 Å². The first-order chi connectivity index (χ1) is 5.81. The molecule has 0 aromatic carbocycles. The van der Waals surface area contributed by atoms with Crippen molar-refractivity contribution in [2.24, 2.45) is 5.92 Å². The van der Waals surface area contributed by atoms with E-state index in [1.807, 2.05) is 6.92 Å². The van der Waals surface area contributed by atoms with E-state index in [1.165, 1.54) is 25.7 Å². The van der Waals surface area contributed by atoms with Crippen LogP contribution >= 0.6 is 0 Å². The molecule has 1 aromatic heterocycles. The van der Waals surface area contributed by atoms with Gasteiger partial charge in [-0.05, 0) is 32.1 Å². The van der Waals surface area contributed by atoms with Gasteiger partial charge in [0.15, 0.2) is 5.82 Å². The summed E-state index contributed by atoms with van der Waals surface area (Å²) in [5, 5.41) is 3.85. The summed E-state index contributed by atoms with van der Waals surface area (Å²) in [6, 6.07) is 0. The highest BCUT2D eigenvalue weighted by atomic mass is 16.5. The summed E-state index contributed by atoms with van der Waals surface area (Å²) in [4.78, 5) is 4.33. The zero-order chi connectivity index (χ0) is 8.18. The molecule has 0 bridgehead atoms. The Balaban J connectivity index is 1.99. The van der Waals surface area contributed by atoms with Crippen molar-refractivity contribution in [3.05, 3.63) is 11.7 Å². The largest absolute Gasteiger partial charge is 0.339 e. The predicted molar refractivity (Wildman–Crippen MR) is 42.7 cm³/mol.